The molecule has 1 spiro atoms. The Balaban J connectivity index is 1.86. The molecule has 6 unspecified atom stereocenters. The third-order valence-electron chi connectivity index (χ3n) is 7.99. The van der Waals surface area contributed by atoms with Crippen molar-refractivity contribution >= 4 is 15.9 Å². The van der Waals surface area contributed by atoms with Gasteiger partial charge in [-0.1, -0.05) is 55.3 Å². The molecule has 4 rings (SSSR count). The normalized spacial score (nSPS) is 56.3. The molecule has 0 radical (unpaired) electrons. The maximum Gasteiger partial charge on any atom is 0.0997 e. The Morgan fingerprint density at radius 2 is 1.95 bits per heavy atom. The second kappa shape index (κ2) is 4.63. The molecule has 0 aromatic heterocycles. The van der Waals surface area contributed by atoms with E-state index in [1.54, 1.807) is 0 Å². The van der Waals surface area contributed by atoms with Crippen LogP contribution in [0.4, 0.5) is 0 Å². The Hall–Kier alpha value is 0.180. The minimum atomic E-state index is 0.00581. The second-order valence-electron chi connectivity index (χ2n) is 9.43. The Morgan fingerprint density at radius 3 is 2.64 bits per heavy atom. The Bertz CT molecular complexity index is 514. The lowest BCUT2D eigenvalue weighted by atomic mass is 9.37. The van der Waals surface area contributed by atoms with Gasteiger partial charge in [0.2, 0.25) is 0 Å². The lowest BCUT2D eigenvalue weighted by molar-refractivity contribution is -0.402. The van der Waals surface area contributed by atoms with Crippen LogP contribution in [0.2, 0.25) is 0 Å². The summed E-state index contributed by atoms with van der Waals surface area (Å²) in [5.41, 5.74) is 0.924. The summed E-state index contributed by atoms with van der Waals surface area (Å²) in [6.07, 6.45) is 12.9. The summed E-state index contributed by atoms with van der Waals surface area (Å²) >= 11 is 3.95. The summed E-state index contributed by atoms with van der Waals surface area (Å²) in [6.45, 7) is 9.78. The third kappa shape index (κ3) is 1.60. The van der Waals surface area contributed by atoms with Crippen LogP contribution in [-0.4, -0.2) is 16.5 Å². The highest BCUT2D eigenvalue weighted by atomic mass is 79.9. The van der Waals surface area contributed by atoms with E-state index in [9.17, 15) is 0 Å². The van der Waals surface area contributed by atoms with Gasteiger partial charge < -0.3 is 4.74 Å². The molecule has 6 atom stereocenters. The first kappa shape index (κ1) is 15.7. The van der Waals surface area contributed by atoms with E-state index in [1.807, 2.05) is 0 Å². The highest BCUT2D eigenvalue weighted by molar-refractivity contribution is 9.09. The van der Waals surface area contributed by atoms with E-state index in [-0.39, 0.29) is 11.2 Å². The van der Waals surface area contributed by atoms with Gasteiger partial charge in [-0.25, -0.2) is 0 Å². The van der Waals surface area contributed by atoms with Crippen molar-refractivity contribution in [1.29, 1.82) is 0 Å². The van der Waals surface area contributed by atoms with Gasteiger partial charge in [0.1, 0.15) is 0 Å². The molecule has 0 N–H and O–H groups in total. The quantitative estimate of drug-likeness (QED) is 0.447. The molecule has 0 aromatic rings. The van der Waals surface area contributed by atoms with Gasteiger partial charge in [0, 0.05) is 16.7 Å². The van der Waals surface area contributed by atoms with E-state index in [0.717, 1.165) is 17.2 Å². The topological polar surface area (TPSA) is 9.23 Å². The lowest BCUT2D eigenvalue weighted by Gasteiger charge is -2.78. The van der Waals surface area contributed by atoms with Crippen molar-refractivity contribution in [3.63, 3.8) is 0 Å². The van der Waals surface area contributed by atoms with Crippen LogP contribution >= 0.6 is 15.9 Å². The van der Waals surface area contributed by atoms with E-state index in [2.05, 4.69) is 55.8 Å². The molecule has 1 aliphatic heterocycles. The maximum absolute atomic E-state index is 6.92. The van der Waals surface area contributed by atoms with Gasteiger partial charge in [0.05, 0.1) is 11.2 Å². The van der Waals surface area contributed by atoms with Gasteiger partial charge in [-0.3, -0.25) is 0 Å². The average Bonchev–Trinajstić information content (AvgIpc) is 2.44. The predicted molar refractivity (Wildman–Crippen MR) is 95.2 cm³/mol. The number of rotatable bonds is 2. The van der Waals surface area contributed by atoms with Crippen LogP contribution in [0.1, 0.15) is 66.2 Å². The van der Waals surface area contributed by atoms with Crippen molar-refractivity contribution in [2.45, 2.75) is 77.4 Å². The first-order valence-corrected chi connectivity index (χ1v) is 10.4. The van der Waals surface area contributed by atoms with E-state index in [0.29, 0.717) is 16.7 Å². The van der Waals surface area contributed by atoms with Crippen LogP contribution in [0.15, 0.2) is 12.2 Å². The molecule has 1 heterocycles. The fourth-order valence-electron chi connectivity index (χ4n) is 7.27. The molecular formula is C20H31BrO. The zero-order chi connectivity index (χ0) is 15.8. The van der Waals surface area contributed by atoms with Gasteiger partial charge >= 0.3 is 0 Å². The molecule has 3 aliphatic carbocycles. The molecule has 1 nitrogen and oxygen atoms in total. The Morgan fingerprint density at radius 1 is 1.18 bits per heavy atom. The summed E-state index contributed by atoms with van der Waals surface area (Å²) < 4.78 is 6.92. The van der Waals surface area contributed by atoms with Crippen LogP contribution in [0.25, 0.3) is 0 Å². The minimum Gasteiger partial charge on any atom is -0.363 e. The number of halogens is 1. The molecule has 1 saturated heterocycles. The highest BCUT2D eigenvalue weighted by Gasteiger charge is 2.77. The van der Waals surface area contributed by atoms with Crippen molar-refractivity contribution < 1.29 is 4.74 Å². The first-order chi connectivity index (χ1) is 10.3. The van der Waals surface area contributed by atoms with E-state index >= 15 is 0 Å². The molecule has 3 fully saturated rings. The van der Waals surface area contributed by atoms with Gasteiger partial charge in [-0.05, 0) is 56.3 Å². The van der Waals surface area contributed by atoms with Crippen LogP contribution in [0.5, 0.6) is 0 Å². The predicted octanol–water partition coefficient (Wildman–Crippen LogP) is 5.73. The van der Waals surface area contributed by atoms with Gasteiger partial charge in [0.15, 0.2) is 0 Å². The molecule has 22 heavy (non-hydrogen) atoms. The lowest BCUT2D eigenvalue weighted by Crippen LogP contribution is -2.81. The van der Waals surface area contributed by atoms with Crippen molar-refractivity contribution in [2.75, 3.05) is 5.33 Å². The van der Waals surface area contributed by atoms with Crippen molar-refractivity contribution in [3.8, 4) is 0 Å². The summed E-state index contributed by atoms with van der Waals surface area (Å²) in [6, 6.07) is 0. The number of allylic oxidation sites excluding steroid dienone is 1. The van der Waals surface area contributed by atoms with Crippen LogP contribution in [-0.2, 0) is 4.74 Å². The summed E-state index contributed by atoms with van der Waals surface area (Å²) in [4.78, 5) is 0. The Labute approximate surface area is 144 Å². The third-order valence-corrected chi connectivity index (χ3v) is 8.99. The maximum atomic E-state index is 6.92. The highest BCUT2D eigenvalue weighted by Crippen LogP contribution is 2.75. The number of alkyl halides is 1. The zero-order valence-electron chi connectivity index (χ0n) is 14.6. The van der Waals surface area contributed by atoms with Crippen molar-refractivity contribution in [1.82, 2.24) is 0 Å². The van der Waals surface area contributed by atoms with Crippen molar-refractivity contribution in [2.24, 2.45) is 28.6 Å². The van der Waals surface area contributed by atoms with E-state index in [4.69, 9.17) is 4.74 Å². The molecule has 124 valence electrons. The average molecular weight is 367 g/mol. The van der Waals surface area contributed by atoms with Gasteiger partial charge in [0.25, 0.3) is 0 Å². The summed E-state index contributed by atoms with van der Waals surface area (Å²) in [5, 5.41) is 1.09. The standard InChI is InChI=1S/C20H31BrO/c1-14(2)15-7-5-10-20-16-17(3,11-12-19(15,20)13-21)8-6-9-18(16,4)22-20/h5,10,14-16H,6-9,11-13H2,1-4H3. The fraction of sp³-hybridized carbons (Fsp3) is 0.900. The molecule has 0 amide bonds. The smallest absolute Gasteiger partial charge is 0.0997 e. The Kier molecular flexibility index (Phi) is 3.30. The zero-order valence-corrected chi connectivity index (χ0v) is 16.2. The van der Waals surface area contributed by atoms with Gasteiger partial charge in [-0.2, -0.15) is 0 Å². The molecule has 0 bridgehead atoms. The van der Waals surface area contributed by atoms with E-state index < -0.39 is 0 Å². The van der Waals surface area contributed by atoms with Crippen LogP contribution in [0, 0.1) is 28.6 Å². The van der Waals surface area contributed by atoms with Gasteiger partial charge in [-0.15, -0.1) is 0 Å². The van der Waals surface area contributed by atoms with Crippen LogP contribution in [0.3, 0.4) is 0 Å². The summed E-state index contributed by atoms with van der Waals surface area (Å²) in [5.74, 6) is 2.18. The minimum absolute atomic E-state index is 0.00581. The van der Waals surface area contributed by atoms with E-state index in [1.165, 1.54) is 38.5 Å². The SMILES string of the molecule is CC(C)C1CC=CC23OC4(C)CCCC(C)(CCC12CBr)C43. The molecule has 2 saturated carbocycles. The number of hydrogen-bond donors (Lipinski definition) is 0. The fourth-order valence-corrected chi connectivity index (χ4v) is 8.40. The second-order valence-corrected chi connectivity index (χ2v) is 9.99. The van der Waals surface area contributed by atoms with Crippen LogP contribution < -0.4 is 0 Å². The number of hydrogen-bond acceptors (Lipinski definition) is 1. The molecular weight excluding hydrogens is 336 g/mol. The molecule has 4 aliphatic rings. The van der Waals surface area contributed by atoms with Crippen molar-refractivity contribution in [3.05, 3.63) is 12.2 Å². The summed E-state index contributed by atoms with van der Waals surface area (Å²) in [7, 11) is 0. The monoisotopic (exact) mass is 366 g/mol. The first-order valence-electron chi connectivity index (χ1n) is 9.27. The number of ether oxygens (including phenoxy) is 1. The largest absolute Gasteiger partial charge is 0.363 e. The molecule has 2 heteroatoms. The molecule has 0 aromatic carbocycles.